The molecule has 0 aliphatic heterocycles. The first kappa shape index (κ1) is 15.2. The molecule has 19 heavy (non-hydrogen) atoms. The van der Waals surface area contributed by atoms with E-state index in [4.69, 9.17) is 0 Å². The van der Waals surface area contributed by atoms with E-state index in [2.05, 4.69) is 17.2 Å². The smallest absolute Gasteiger partial charge is 0.276 e. The van der Waals surface area contributed by atoms with Crippen LogP contribution < -0.4 is 10.2 Å². The van der Waals surface area contributed by atoms with Crippen molar-refractivity contribution >= 4 is 17.3 Å². The zero-order valence-electron chi connectivity index (χ0n) is 11.8. The quantitative estimate of drug-likeness (QED) is 0.578. The van der Waals surface area contributed by atoms with Crippen molar-refractivity contribution in [3.8, 4) is 0 Å². The molecule has 1 rings (SSSR count). The molecule has 0 aliphatic rings. The maximum atomic E-state index is 10.9. The molecule has 0 amide bonds. The Kier molecular flexibility index (Phi) is 6.05. The number of pyridine rings is 1. The molecule has 106 valence electrons. The van der Waals surface area contributed by atoms with Crippen LogP contribution in [0.25, 0.3) is 0 Å². The van der Waals surface area contributed by atoms with Crippen molar-refractivity contribution in [3.63, 3.8) is 0 Å². The first-order valence-electron chi connectivity index (χ1n) is 6.70. The molecule has 0 spiro atoms. The van der Waals surface area contributed by atoms with E-state index >= 15 is 0 Å². The Bertz CT molecular complexity index is 423. The highest BCUT2D eigenvalue weighted by molar-refractivity contribution is 5.55. The Hall–Kier alpha value is -1.85. The van der Waals surface area contributed by atoms with Gasteiger partial charge in [0.15, 0.2) is 0 Å². The number of anilines is 2. The molecular weight excluding hydrogens is 244 g/mol. The predicted octanol–water partition coefficient (Wildman–Crippen LogP) is 3.05. The zero-order chi connectivity index (χ0) is 14.3. The lowest BCUT2D eigenvalue weighted by Crippen LogP contribution is -2.20. The number of hydrogen-bond donors (Lipinski definition) is 1. The normalized spacial score (nSPS) is 10.3. The van der Waals surface area contributed by atoms with Gasteiger partial charge >= 0.3 is 0 Å². The molecule has 6 heteroatoms. The van der Waals surface area contributed by atoms with Crippen molar-refractivity contribution in [2.45, 2.75) is 33.1 Å². The van der Waals surface area contributed by atoms with E-state index in [1.54, 1.807) is 0 Å². The third kappa shape index (κ3) is 4.73. The van der Waals surface area contributed by atoms with Gasteiger partial charge in [-0.1, -0.05) is 20.3 Å². The number of nitrogens with zero attached hydrogens (tertiary/aromatic N) is 3. The number of aromatic nitrogens is 1. The number of rotatable bonds is 8. The van der Waals surface area contributed by atoms with Crippen molar-refractivity contribution in [2.75, 3.05) is 30.4 Å². The second-order valence-electron chi connectivity index (χ2n) is 4.53. The highest BCUT2D eigenvalue weighted by Gasteiger charge is 2.13. The lowest BCUT2D eigenvalue weighted by atomic mass is 10.3. The van der Waals surface area contributed by atoms with Crippen molar-refractivity contribution in [1.29, 1.82) is 0 Å². The topological polar surface area (TPSA) is 71.3 Å². The monoisotopic (exact) mass is 266 g/mol. The molecule has 0 bridgehead atoms. The van der Waals surface area contributed by atoms with Crippen molar-refractivity contribution < 1.29 is 4.92 Å². The minimum Gasteiger partial charge on any atom is -0.370 e. The molecular formula is C13H22N4O2. The second-order valence-corrected chi connectivity index (χ2v) is 4.53. The average molecular weight is 266 g/mol. The van der Waals surface area contributed by atoms with Gasteiger partial charge in [0, 0.05) is 20.1 Å². The standard InChI is InChI=1S/C13H22N4O2/c1-4-6-8-16(3)13-10-11(17(18)19)9-12(15-13)14-7-5-2/h9-10H,4-8H2,1-3H3,(H,14,15). The summed E-state index contributed by atoms with van der Waals surface area (Å²) in [7, 11) is 1.91. The van der Waals surface area contributed by atoms with Crippen LogP contribution in [0.3, 0.4) is 0 Å². The van der Waals surface area contributed by atoms with Crippen LogP contribution in [0.15, 0.2) is 12.1 Å². The van der Waals surface area contributed by atoms with Gasteiger partial charge in [-0.05, 0) is 12.8 Å². The molecule has 0 aromatic carbocycles. The Morgan fingerprint density at radius 1 is 1.37 bits per heavy atom. The minimum atomic E-state index is -0.379. The first-order valence-corrected chi connectivity index (χ1v) is 6.70. The van der Waals surface area contributed by atoms with E-state index in [1.165, 1.54) is 12.1 Å². The van der Waals surface area contributed by atoms with Gasteiger partial charge in [0.2, 0.25) is 0 Å². The van der Waals surface area contributed by atoms with Gasteiger partial charge in [0.05, 0.1) is 17.1 Å². The number of nitrogens with one attached hydrogen (secondary N) is 1. The summed E-state index contributed by atoms with van der Waals surface area (Å²) in [5.74, 6) is 1.20. The van der Waals surface area contributed by atoms with Gasteiger partial charge in [0.25, 0.3) is 5.69 Å². The number of nitro groups is 1. The molecule has 6 nitrogen and oxygen atoms in total. The van der Waals surface area contributed by atoms with Crippen LogP contribution in [0, 0.1) is 10.1 Å². The van der Waals surface area contributed by atoms with Gasteiger partial charge in [-0.15, -0.1) is 0 Å². The summed E-state index contributed by atoms with van der Waals surface area (Å²) in [5.41, 5.74) is 0.0759. The van der Waals surface area contributed by atoms with Crippen LogP contribution in [0.4, 0.5) is 17.3 Å². The van der Waals surface area contributed by atoms with E-state index < -0.39 is 0 Å². The first-order chi connectivity index (χ1) is 9.08. The van der Waals surface area contributed by atoms with Gasteiger partial charge in [-0.25, -0.2) is 4.98 Å². The lowest BCUT2D eigenvalue weighted by molar-refractivity contribution is -0.384. The van der Waals surface area contributed by atoms with Crippen molar-refractivity contribution in [3.05, 3.63) is 22.2 Å². The summed E-state index contributed by atoms with van der Waals surface area (Å²) < 4.78 is 0. The van der Waals surface area contributed by atoms with Crippen LogP contribution in [-0.2, 0) is 0 Å². The Morgan fingerprint density at radius 2 is 2.11 bits per heavy atom. The van der Waals surface area contributed by atoms with E-state index in [1.807, 2.05) is 18.9 Å². The maximum Gasteiger partial charge on any atom is 0.276 e. The zero-order valence-corrected chi connectivity index (χ0v) is 11.8. The van der Waals surface area contributed by atoms with Gasteiger partial charge in [0.1, 0.15) is 11.6 Å². The average Bonchev–Trinajstić information content (AvgIpc) is 2.42. The summed E-state index contributed by atoms with van der Waals surface area (Å²) in [6.45, 7) is 5.76. The Morgan fingerprint density at radius 3 is 2.68 bits per heavy atom. The molecule has 0 atom stereocenters. The third-order valence-electron chi connectivity index (χ3n) is 2.80. The van der Waals surface area contributed by atoms with Crippen LogP contribution in [0.5, 0.6) is 0 Å². The van der Waals surface area contributed by atoms with Gasteiger partial charge in [-0.3, -0.25) is 10.1 Å². The van der Waals surface area contributed by atoms with E-state index in [9.17, 15) is 10.1 Å². The molecule has 0 unspecified atom stereocenters. The fraction of sp³-hybridized carbons (Fsp3) is 0.615. The number of hydrogen-bond acceptors (Lipinski definition) is 5. The summed E-state index contributed by atoms with van der Waals surface area (Å²) >= 11 is 0. The molecule has 0 radical (unpaired) electrons. The van der Waals surface area contributed by atoms with Crippen molar-refractivity contribution in [1.82, 2.24) is 4.98 Å². The predicted molar refractivity (Wildman–Crippen MR) is 77.9 cm³/mol. The lowest BCUT2D eigenvalue weighted by Gasteiger charge is -2.18. The summed E-state index contributed by atoms with van der Waals surface area (Å²) in [5, 5.41) is 14.0. The molecule has 1 aromatic rings. The van der Waals surface area contributed by atoms with Crippen LogP contribution >= 0.6 is 0 Å². The summed E-state index contributed by atoms with van der Waals surface area (Å²) in [4.78, 5) is 16.9. The largest absolute Gasteiger partial charge is 0.370 e. The number of unbranched alkanes of at least 4 members (excludes halogenated alkanes) is 1. The molecule has 1 aromatic heterocycles. The maximum absolute atomic E-state index is 10.9. The highest BCUT2D eigenvalue weighted by Crippen LogP contribution is 2.22. The fourth-order valence-corrected chi connectivity index (χ4v) is 1.66. The van der Waals surface area contributed by atoms with E-state index in [-0.39, 0.29) is 10.6 Å². The second kappa shape index (κ2) is 7.56. The SMILES string of the molecule is CCCCN(C)c1cc([N+](=O)[O-])cc(NCCC)n1. The van der Waals surface area contributed by atoms with Crippen molar-refractivity contribution in [2.24, 2.45) is 0 Å². The fourth-order valence-electron chi connectivity index (χ4n) is 1.66. The van der Waals surface area contributed by atoms with E-state index in [0.717, 1.165) is 32.4 Å². The van der Waals surface area contributed by atoms with Gasteiger partial charge < -0.3 is 10.2 Å². The molecule has 0 saturated heterocycles. The Labute approximate surface area is 114 Å². The van der Waals surface area contributed by atoms with Crippen LogP contribution in [0.2, 0.25) is 0 Å². The molecule has 0 aliphatic carbocycles. The molecule has 0 saturated carbocycles. The minimum absolute atomic E-state index is 0.0759. The molecule has 1 N–H and O–H groups in total. The summed E-state index contributed by atoms with van der Waals surface area (Å²) in [6.07, 6.45) is 3.07. The highest BCUT2D eigenvalue weighted by atomic mass is 16.6. The van der Waals surface area contributed by atoms with Crippen LogP contribution in [0.1, 0.15) is 33.1 Å². The van der Waals surface area contributed by atoms with E-state index in [0.29, 0.717) is 11.6 Å². The molecule has 0 fully saturated rings. The Balaban J connectivity index is 2.94. The molecule has 1 heterocycles. The third-order valence-corrected chi connectivity index (χ3v) is 2.80. The van der Waals surface area contributed by atoms with Gasteiger partial charge in [-0.2, -0.15) is 0 Å². The summed E-state index contributed by atoms with van der Waals surface area (Å²) in [6, 6.07) is 3.00. The van der Waals surface area contributed by atoms with Crippen LogP contribution in [-0.4, -0.2) is 30.0 Å².